The quantitative estimate of drug-likeness (QED) is 0.922. The first-order valence-corrected chi connectivity index (χ1v) is 6.01. The van der Waals surface area contributed by atoms with Gasteiger partial charge in [-0.3, -0.25) is 4.98 Å². The molecule has 0 amide bonds. The van der Waals surface area contributed by atoms with Crippen LogP contribution in [0.15, 0.2) is 47.2 Å². The number of halogens is 2. The van der Waals surface area contributed by atoms with E-state index in [-0.39, 0.29) is 0 Å². The average molecular weight is 298 g/mol. The Bertz CT molecular complexity index is 442. The van der Waals surface area contributed by atoms with Crippen LogP contribution in [0.5, 0.6) is 0 Å². The zero-order valence-electron chi connectivity index (χ0n) is 8.45. The summed E-state index contributed by atoms with van der Waals surface area (Å²) in [5.74, 6) is 0. The summed E-state index contributed by atoms with van der Waals surface area (Å²) in [6.07, 6.45) is 3.35. The van der Waals surface area contributed by atoms with Gasteiger partial charge in [0.1, 0.15) is 0 Å². The molecule has 0 aliphatic heterocycles. The maximum absolute atomic E-state index is 5.99. The molecular formula is C12H10BrClN2. The van der Waals surface area contributed by atoms with Crippen molar-refractivity contribution in [3.05, 3.63) is 57.8 Å². The molecule has 1 aromatic heterocycles. The highest BCUT2D eigenvalue weighted by Crippen LogP contribution is 2.22. The summed E-state index contributed by atoms with van der Waals surface area (Å²) in [5.41, 5.74) is 2.09. The summed E-state index contributed by atoms with van der Waals surface area (Å²) in [4.78, 5) is 3.94. The fourth-order valence-corrected chi connectivity index (χ4v) is 1.96. The van der Waals surface area contributed by atoms with Gasteiger partial charge in [0.15, 0.2) is 0 Å². The second kappa shape index (κ2) is 5.32. The van der Waals surface area contributed by atoms with E-state index in [9.17, 15) is 0 Å². The number of hydrogen-bond acceptors (Lipinski definition) is 2. The van der Waals surface area contributed by atoms with Gasteiger partial charge in [-0.2, -0.15) is 0 Å². The highest BCUT2D eigenvalue weighted by atomic mass is 79.9. The van der Waals surface area contributed by atoms with Crippen LogP contribution in [0.2, 0.25) is 5.02 Å². The van der Waals surface area contributed by atoms with Crippen molar-refractivity contribution >= 4 is 33.2 Å². The number of pyridine rings is 1. The van der Waals surface area contributed by atoms with Crippen LogP contribution < -0.4 is 5.32 Å². The zero-order chi connectivity index (χ0) is 11.4. The highest BCUT2D eigenvalue weighted by Gasteiger charge is 2.01. The lowest BCUT2D eigenvalue weighted by atomic mass is 10.2. The Kier molecular flexibility index (Phi) is 3.80. The lowest BCUT2D eigenvalue weighted by Crippen LogP contribution is -2.00. The highest BCUT2D eigenvalue weighted by molar-refractivity contribution is 9.10. The number of benzene rings is 1. The Morgan fingerprint density at radius 3 is 2.81 bits per heavy atom. The third-order valence-corrected chi connectivity index (χ3v) is 3.27. The maximum Gasteiger partial charge on any atom is 0.0820 e. The molecule has 0 atom stereocenters. The minimum absolute atomic E-state index is 0.634. The monoisotopic (exact) mass is 296 g/mol. The molecule has 2 aromatic rings. The summed E-state index contributed by atoms with van der Waals surface area (Å²) >= 11 is 9.50. The van der Waals surface area contributed by atoms with E-state index in [2.05, 4.69) is 32.3 Å². The molecule has 2 rings (SSSR count). The van der Waals surface area contributed by atoms with Gasteiger partial charge in [0.2, 0.25) is 0 Å². The molecule has 2 nitrogen and oxygen atoms in total. The van der Waals surface area contributed by atoms with Crippen LogP contribution in [0.4, 0.5) is 5.69 Å². The van der Waals surface area contributed by atoms with Crippen molar-refractivity contribution in [3.8, 4) is 0 Å². The largest absolute Gasteiger partial charge is 0.380 e. The molecule has 0 saturated carbocycles. The van der Waals surface area contributed by atoms with Gasteiger partial charge in [-0.05, 0) is 17.7 Å². The molecule has 0 spiro atoms. The van der Waals surface area contributed by atoms with Crippen LogP contribution in [0.1, 0.15) is 5.56 Å². The van der Waals surface area contributed by atoms with Crippen molar-refractivity contribution in [2.75, 3.05) is 5.32 Å². The fraction of sp³-hybridized carbons (Fsp3) is 0.0833. The summed E-state index contributed by atoms with van der Waals surface area (Å²) in [5, 5.41) is 3.90. The number of nitrogens with zero attached hydrogens (tertiary/aromatic N) is 1. The van der Waals surface area contributed by atoms with E-state index in [0.29, 0.717) is 5.02 Å². The van der Waals surface area contributed by atoms with E-state index in [1.54, 1.807) is 12.4 Å². The zero-order valence-corrected chi connectivity index (χ0v) is 10.8. The van der Waals surface area contributed by atoms with Crippen LogP contribution in [-0.4, -0.2) is 4.98 Å². The summed E-state index contributed by atoms with van der Waals surface area (Å²) < 4.78 is 1.09. The van der Waals surface area contributed by atoms with Crippen LogP contribution in [0.3, 0.4) is 0 Å². The van der Waals surface area contributed by atoms with Gasteiger partial charge >= 0.3 is 0 Å². The number of anilines is 1. The normalized spacial score (nSPS) is 10.1. The van der Waals surface area contributed by atoms with Crippen LogP contribution in [-0.2, 0) is 6.54 Å². The third kappa shape index (κ3) is 2.74. The molecule has 16 heavy (non-hydrogen) atoms. The molecule has 0 radical (unpaired) electrons. The van der Waals surface area contributed by atoms with Crippen LogP contribution in [0, 0.1) is 0 Å². The SMILES string of the molecule is Clc1cnccc1NCc1ccccc1Br. The topological polar surface area (TPSA) is 24.9 Å². The Balaban J connectivity index is 2.09. The van der Waals surface area contributed by atoms with Crippen molar-refractivity contribution in [1.82, 2.24) is 4.98 Å². The predicted octanol–water partition coefficient (Wildman–Crippen LogP) is 4.11. The van der Waals surface area contributed by atoms with Gasteiger partial charge in [0.05, 0.1) is 10.7 Å². The van der Waals surface area contributed by atoms with Gasteiger partial charge in [0, 0.05) is 23.4 Å². The van der Waals surface area contributed by atoms with Crippen LogP contribution in [0.25, 0.3) is 0 Å². The lowest BCUT2D eigenvalue weighted by Gasteiger charge is -2.08. The van der Waals surface area contributed by atoms with E-state index in [4.69, 9.17) is 11.6 Å². The molecule has 1 N–H and O–H groups in total. The summed E-state index contributed by atoms with van der Waals surface area (Å²) in [6, 6.07) is 9.94. The lowest BCUT2D eigenvalue weighted by molar-refractivity contribution is 1.13. The van der Waals surface area contributed by atoms with E-state index in [1.165, 1.54) is 5.56 Å². The van der Waals surface area contributed by atoms with Gasteiger partial charge in [-0.1, -0.05) is 45.7 Å². The summed E-state index contributed by atoms with van der Waals surface area (Å²) in [7, 11) is 0. The Hall–Kier alpha value is -1.06. The van der Waals surface area contributed by atoms with Crippen molar-refractivity contribution in [1.29, 1.82) is 0 Å². The first kappa shape index (κ1) is 11.4. The molecular weight excluding hydrogens is 288 g/mol. The van der Waals surface area contributed by atoms with Gasteiger partial charge in [-0.25, -0.2) is 0 Å². The molecule has 1 aromatic carbocycles. The molecule has 1 heterocycles. The first-order valence-electron chi connectivity index (χ1n) is 4.84. The Labute approximate surface area is 108 Å². The van der Waals surface area contributed by atoms with E-state index in [1.807, 2.05) is 24.3 Å². The number of rotatable bonds is 3. The fourth-order valence-electron chi connectivity index (χ4n) is 1.35. The molecule has 0 unspecified atom stereocenters. The predicted molar refractivity (Wildman–Crippen MR) is 70.7 cm³/mol. The molecule has 82 valence electrons. The maximum atomic E-state index is 5.99. The van der Waals surface area contributed by atoms with Crippen LogP contribution >= 0.6 is 27.5 Å². The van der Waals surface area contributed by atoms with Crippen molar-refractivity contribution in [2.24, 2.45) is 0 Å². The van der Waals surface area contributed by atoms with Crippen molar-refractivity contribution < 1.29 is 0 Å². The molecule has 0 saturated heterocycles. The summed E-state index contributed by atoms with van der Waals surface area (Å²) in [6.45, 7) is 0.727. The smallest absolute Gasteiger partial charge is 0.0820 e. The minimum atomic E-state index is 0.634. The Morgan fingerprint density at radius 1 is 1.25 bits per heavy atom. The number of nitrogens with one attached hydrogen (secondary N) is 1. The van der Waals surface area contributed by atoms with Crippen molar-refractivity contribution in [3.63, 3.8) is 0 Å². The molecule has 0 aliphatic carbocycles. The minimum Gasteiger partial charge on any atom is -0.380 e. The van der Waals surface area contributed by atoms with Gasteiger partial charge in [-0.15, -0.1) is 0 Å². The second-order valence-corrected chi connectivity index (χ2v) is 4.56. The number of hydrogen-bond donors (Lipinski definition) is 1. The standard InChI is InChI=1S/C12H10BrClN2/c13-10-4-2-1-3-9(10)7-16-12-5-6-15-8-11(12)14/h1-6,8H,7H2,(H,15,16). The molecule has 0 bridgehead atoms. The third-order valence-electron chi connectivity index (χ3n) is 2.20. The molecule has 0 aliphatic rings. The van der Waals surface area contributed by atoms with Gasteiger partial charge in [0.25, 0.3) is 0 Å². The van der Waals surface area contributed by atoms with E-state index >= 15 is 0 Å². The molecule has 0 fully saturated rings. The molecule has 4 heteroatoms. The van der Waals surface area contributed by atoms with Crippen molar-refractivity contribution in [2.45, 2.75) is 6.54 Å². The first-order chi connectivity index (χ1) is 7.77. The van der Waals surface area contributed by atoms with Gasteiger partial charge < -0.3 is 5.32 Å². The van der Waals surface area contributed by atoms with E-state index < -0.39 is 0 Å². The Morgan fingerprint density at radius 2 is 2.06 bits per heavy atom. The number of aromatic nitrogens is 1. The van der Waals surface area contributed by atoms with E-state index in [0.717, 1.165) is 16.7 Å². The average Bonchev–Trinajstić information content (AvgIpc) is 2.30. The second-order valence-electron chi connectivity index (χ2n) is 3.30.